The van der Waals surface area contributed by atoms with Gasteiger partial charge in [-0.1, -0.05) is 32.9 Å². The maximum absolute atomic E-state index is 12.9. The van der Waals surface area contributed by atoms with E-state index in [1.165, 1.54) is 26.0 Å². The van der Waals surface area contributed by atoms with Crippen LogP contribution in [0, 0.1) is 11.8 Å². The SMILES string of the molecule is CC=CC(OC)C(C)C(=O)NC(C(=O)NC(C)C(=O)N1CCCC(C)(C(=O)O)N1)C(C)C. The Kier molecular flexibility index (Phi) is 10.3. The van der Waals surface area contributed by atoms with E-state index in [9.17, 15) is 24.3 Å². The summed E-state index contributed by atoms with van der Waals surface area (Å²) in [5.74, 6) is -3.05. The van der Waals surface area contributed by atoms with E-state index in [1.807, 2.05) is 6.92 Å². The number of carboxylic acids is 1. The molecule has 10 nitrogen and oxygen atoms in total. The fourth-order valence-electron chi connectivity index (χ4n) is 3.53. The highest BCUT2D eigenvalue weighted by Gasteiger charge is 2.40. The molecule has 1 aliphatic heterocycles. The van der Waals surface area contributed by atoms with Crippen LogP contribution in [-0.2, 0) is 23.9 Å². The number of nitrogens with zero attached hydrogens (tertiary/aromatic N) is 1. The number of carboxylic acid groups (broad SMARTS) is 1. The molecule has 0 aromatic rings. The quantitative estimate of drug-likeness (QED) is 0.359. The van der Waals surface area contributed by atoms with Gasteiger partial charge in [0.1, 0.15) is 17.6 Å². The summed E-state index contributed by atoms with van der Waals surface area (Å²) < 4.78 is 5.33. The van der Waals surface area contributed by atoms with E-state index >= 15 is 0 Å². The Morgan fingerprint density at radius 2 is 1.75 bits per heavy atom. The average molecular weight is 455 g/mol. The van der Waals surface area contributed by atoms with Gasteiger partial charge in [0.15, 0.2) is 0 Å². The van der Waals surface area contributed by atoms with Gasteiger partial charge in [0.25, 0.3) is 5.91 Å². The fourth-order valence-corrected chi connectivity index (χ4v) is 3.53. The number of hydrazine groups is 1. The molecule has 0 aliphatic carbocycles. The van der Waals surface area contributed by atoms with Gasteiger partial charge < -0.3 is 20.5 Å². The number of rotatable bonds is 10. The van der Waals surface area contributed by atoms with E-state index in [0.29, 0.717) is 19.4 Å². The Morgan fingerprint density at radius 3 is 2.25 bits per heavy atom. The largest absolute Gasteiger partial charge is 0.480 e. The van der Waals surface area contributed by atoms with Crippen LogP contribution in [0.15, 0.2) is 12.2 Å². The second-order valence-corrected chi connectivity index (χ2v) is 8.82. The fraction of sp³-hybridized carbons (Fsp3) is 0.727. The predicted octanol–water partition coefficient (Wildman–Crippen LogP) is 0.829. The van der Waals surface area contributed by atoms with Crippen LogP contribution in [0.3, 0.4) is 0 Å². The van der Waals surface area contributed by atoms with Crippen LogP contribution in [0.25, 0.3) is 0 Å². The second-order valence-electron chi connectivity index (χ2n) is 8.82. The molecule has 1 fully saturated rings. The van der Waals surface area contributed by atoms with Crippen molar-refractivity contribution in [2.24, 2.45) is 11.8 Å². The lowest BCUT2D eigenvalue weighted by Gasteiger charge is -2.39. The van der Waals surface area contributed by atoms with E-state index < -0.39 is 47.4 Å². The number of ether oxygens (including phenoxy) is 1. The van der Waals surface area contributed by atoms with Gasteiger partial charge in [0, 0.05) is 13.7 Å². The first-order valence-electron chi connectivity index (χ1n) is 11.0. The first kappa shape index (κ1) is 27.6. The highest BCUT2D eigenvalue weighted by molar-refractivity contribution is 5.92. The summed E-state index contributed by atoms with van der Waals surface area (Å²) in [7, 11) is 1.51. The van der Waals surface area contributed by atoms with Gasteiger partial charge in [-0.2, -0.15) is 0 Å². The normalized spacial score (nSPS) is 22.8. The molecule has 0 aromatic carbocycles. The number of amides is 3. The molecule has 3 amide bonds. The summed E-state index contributed by atoms with van der Waals surface area (Å²) in [6, 6.07) is -1.75. The lowest BCUT2D eigenvalue weighted by molar-refractivity contribution is -0.154. The van der Waals surface area contributed by atoms with Crippen molar-refractivity contribution in [3.05, 3.63) is 12.2 Å². The van der Waals surface area contributed by atoms with Crippen LogP contribution in [0.2, 0.25) is 0 Å². The van der Waals surface area contributed by atoms with Gasteiger partial charge in [0.05, 0.1) is 12.0 Å². The van der Waals surface area contributed by atoms with E-state index in [2.05, 4.69) is 16.1 Å². The zero-order chi connectivity index (χ0) is 24.6. The van der Waals surface area contributed by atoms with Crippen molar-refractivity contribution in [3.8, 4) is 0 Å². The Balaban J connectivity index is 2.82. The molecule has 182 valence electrons. The molecule has 4 N–H and O–H groups in total. The van der Waals surface area contributed by atoms with Crippen molar-refractivity contribution >= 4 is 23.7 Å². The van der Waals surface area contributed by atoms with Crippen LogP contribution in [0.5, 0.6) is 0 Å². The number of carbonyl (C=O) groups excluding carboxylic acids is 3. The number of nitrogens with one attached hydrogen (secondary N) is 3. The number of carbonyl (C=O) groups is 4. The molecule has 1 heterocycles. The lowest BCUT2D eigenvalue weighted by atomic mass is 9.94. The first-order valence-corrected chi connectivity index (χ1v) is 11.0. The van der Waals surface area contributed by atoms with Crippen LogP contribution in [0.4, 0.5) is 0 Å². The molecule has 0 radical (unpaired) electrons. The van der Waals surface area contributed by atoms with Gasteiger partial charge >= 0.3 is 5.97 Å². The maximum atomic E-state index is 12.9. The van der Waals surface area contributed by atoms with E-state index in [4.69, 9.17) is 4.74 Å². The highest BCUT2D eigenvalue weighted by Crippen LogP contribution is 2.19. The van der Waals surface area contributed by atoms with Crippen LogP contribution in [0.1, 0.15) is 54.4 Å². The Labute approximate surface area is 190 Å². The Morgan fingerprint density at radius 1 is 1.12 bits per heavy atom. The summed E-state index contributed by atoms with van der Waals surface area (Å²) in [5, 5.41) is 16.1. The number of aliphatic carboxylic acids is 1. The molecule has 1 rings (SSSR count). The molecule has 1 saturated heterocycles. The molecular weight excluding hydrogens is 416 g/mol. The minimum atomic E-state index is -1.24. The second kappa shape index (κ2) is 12.0. The van der Waals surface area contributed by atoms with Crippen molar-refractivity contribution in [3.63, 3.8) is 0 Å². The van der Waals surface area contributed by atoms with E-state index in [1.54, 1.807) is 32.9 Å². The number of hydrogen-bond donors (Lipinski definition) is 4. The van der Waals surface area contributed by atoms with Gasteiger partial charge in [-0.15, -0.1) is 0 Å². The predicted molar refractivity (Wildman–Crippen MR) is 119 cm³/mol. The van der Waals surface area contributed by atoms with E-state index in [0.717, 1.165) is 0 Å². The third-order valence-electron chi connectivity index (χ3n) is 5.72. The highest BCUT2D eigenvalue weighted by atomic mass is 16.5. The van der Waals surface area contributed by atoms with Crippen LogP contribution < -0.4 is 16.1 Å². The van der Waals surface area contributed by atoms with Gasteiger partial charge in [-0.3, -0.25) is 24.2 Å². The van der Waals surface area contributed by atoms with Crippen molar-refractivity contribution in [2.45, 2.75) is 78.1 Å². The molecule has 10 heteroatoms. The minimum Gasteiger partial charge on any atom is -0.480 e. The molecule has 5 atom stereocenters. The van der Waals surface area contributed by atoms with Gasteiger partial charge in [-0.25, -0.2) is 5.43 Å². The summed E-state index contributed by atoms with van der Waals surface area (Å²) in [6.45, 7) is 10.5. The molecule has 5 unspecified atom stereocenters. The minimum absolute atomic E-state index is 0.223. The van der Waals surface area contributed by atoms with Gasteiger partial charge in [-0.05, 0) is 39.5 Å². The summed E-state index contributed by atoms with van der Waals surface area (Å²) in [5.41, 5.74) is 1.51. The Bertz CT molecular complexity index is 725. The summed E-state index contributed by atoms with van der Waals surface area (Å²) in [4.78, 5) is 49.9. The summed E-state index contributed by atoms with van der Waals surface area (Å²) in [6.07, 6.45) is 4.05. The van der Waals surface area contributed by atoms with Gasteiger partial charge in [0.2, 0.25) is 11.8 Å². The van der Waals surface area contributed by atoms with Crippen molar-refractivity contribution < 1.29 is 29.0 Å². The van der Waals surface area contributed by atoms with Crippen LogP contribution >= 0.6 is 0 Å². The zero-order valence-electron chi connectivity index (χ0n) is 20.1. The molecule has 0 bridgehead atoms. The maximum Gasteiger partial charge on any atom is 0.325 e. The van der Waals surface area contributed by atoms with Crippen LogP contribution in [-0.4, -0.2) is 71.2 Å². The number of methoxy groups -OCH3 is 1. The summed E-state index contributed by atoms with van der Waals surface area (Å²) >= 11 is 0. The number of hydrogen-bond acceptors (Lipinski definition) is 6. The first-order chi connectivity index (χ1) is 14.9. The molecule has 0 aromatic heterocycles. The molecule has 0 spiro atoms. The third kappa shape index (κ3) is 7.03. The topological polar surface area (TPSA) is 137 Å². The van der Waals surface area contributed by atoms with Crippen molar-refractivity contribution in [1.82, 2.24) is 21.1 Å². The monoisotopic (exact) mass is 454 g/mol. The third-order valence-corrected chi connectivity index (χ3v) is 5.72. The lowest BCUT2D eigenvalue weighted by Crippen LogP contribution is -2.65. The smallest absolute Gasteiger partial charge is 0.325 e. The molecule has 0 saturated carbocycles. The zero-order valence-corrected chi connectivity index (χ0v) is 20.1. The number of allylic oxidation sites excluding steroid dienone is 1. The molecule has 1 aliphatic rings. The standard InChI is InChI=1S/C22H38N4O6/c1-8-10-16(32-7)14(4)18(27)24-17(13(2)3)19(28)23-15(5)20(29)26-12-9-11-22(6,25-26)21(30)31/h8,10,13-17,25H,9,11-12H2,1-7H3,(H,23,28)(H,24,27)(H,30,31). The van der Waals surface area contributed by atoms with Crippen molar-refractivity contribution in [2.75, 3.05) is 13.7 Å². The Hall–Kier alpha value is -2.46. The average Bonchev–Trinajstić information content (AvgIpc) is 2.73. The molecule has 32 heavy (non-hydrogen) atoms. The van der Waals surface area contributed by atoms with Crippen molar-refractivity contribution in [1.29, 1.82) is 0 Å². The molecular formula is C22H38N4O6. The van der Waals surface area contributed by atoms with E-state index in [-0.39, 0.29) is 11.8 Å².